The van der Waals surface area contributed by atoms with Gasteiger partial charge in [0.25, 0.3) is 0 Å². The third kappa shape index (κ3) is 5.22. The molecular weight excluding hydrogens is 542 g/mol. The number of amides is 2. The van der Waals surface area contributed by atoms with Crippen molar-refractivity contribution in [3.63, 3.8) is 0 Å². The molecule has 0 saturated carbocycles. The number of benzene rings is 3. The number of methoxy groups -OCH3 is 1. The quantitative estimate of drug-likeness (QED) is 0.228. The van der Waals surface area contributed by atoms with E-state index in [1.54, 1.807) is 7.11 Å². The molecule has 3 aromatic heterocycles. The molecule has 0 aliphatic carbocycles. The van der Waals surface area contributed by atoms with E-state index in [1.807, 2.05) is 46.6 Å². The molecule has 7 rings (SSSR count). The first-order chi connectivity index (χ1) is 20.6. The number of thiophene rings is 1. The molecule has 1 aliphatic heterocycles. The lowest BCUT2D eigenvalue weighted by Gasteiger charge is -2.34. The zero-order valence-electron chi connectivity index (χ0n) is 23.4. The van der Waals surface area contributed by atoms with Crippen LogP contribution in [0.3, 0.4) is 0 Å². The maximum atomic E-state index is 13.0. The van der Waals surface area contributed by atoms with E-state index < -0.39 is 0 Å². The summed E-state index contributed by atoms with van der Waals surface area (Å²) in [7, 11) is 1.62. The highest BCUT2D eigenvalue weighted by Gasteiger charge is 2.24. The SMILES string of the molecule is COc1cccc(NC(=O)N2CCN(Cc3c(-c4ccccc4)nc4ccc(-c5cc6ccccc6s5)cn34)CC2)c1. The number of hydrogen-bond donors (Lipinski definition) is 1. The van der Waals surface area contributed by atoms with Gasteiger partial charge in [-0.05, 0) is 41.8 Å². The van der Waals surface area contributed by atoms with Crippen LogP contribution in [0, 0.1) is 0 Å². The Bertz CT molecular complexity index is 1840. The number of nitrogens with one attached hydrogen (secondary N) is 1. The molecule has 42 heavy (non-hydrogen) atoms. The van der Waals surface area contributed by atoms with Gasteiger partial charge in [0.1, 0.15) is 11.4 Å². The van der Waals surface area contributed by atoms with Crippen LogP contribution in [0.4, 0.5) is 10.5 Å². The van der Waals surface area contributed by atoms with Crippen molar-refractivity contribution in [2.45, 2.75) is 6.54 Å². The van der Waals surface area contributed by atoms with Gasteiger partial charge in [-0.2, -0.15) is 0 Å². The minimum absolute atomic E-state index is 0.0874. The van der Waals surface area contributed by atoms with E-state index in [9.17, 15) is 4.79 Å². The highest BCUT2D eigenvalue weighted by molar-refractivity contribution is 7.22. The number of urea groups is 1. The summed E-state index contributed by atoms with van der Waals surface area (Å²) in [5.74, 6) is 0.718. The van der Waals surface area contributed by atoms with Gasteiger partial charge in [-0.15, -0.1) is 11.3 Å². The molecule has 8 heteroatoms. The summed E-state index contributed by atoms with van der Waals surface area (Å²) >= 11 is 1.81. The second-order valence-corrected chi connectivity index (χ2v) is 11.6. The molecule has 0 spiro atoms. The molecule has 1 aliphatic rings. The molecule has 6 aromatic rings. The van der Waals surface area contributed by atoms with Crippen LogP contribution < -0.4 is 10.1 Å². The number of hydrogen-bond acceptors (Lipinski definition) is 5. The fourth-order valence-corrected chi connectivity index (χ4v) is 6.62. The average molecular weight is 574 g/mol. The summed E-state index contributed by atoms with van der Waals surface area (Å²) in [6, 6.07) is 32.8. The number of piperazine rings is 1. The van der Waals surface area contributed by atoms with Crippen LogP contribution in [0.5, 0.6) is 5.75 Å². The molecule has 1 N–H and O–H groups in total. The predicted octanol–water partition coefficient (Wildman–Crippen LogP) is 7.24. The zero-order chi connectivity index (χ0) is 28.5. The second kappa shape index (κ2) is 11.3. The number of pyridine rings is 1. The molecule has 7 nitrogen and oxygen atoms in total. The van der Waals surface area contributed by atoms with E-state index in [4.69, 9.17) is 9.72 Å². The number of carbonyl (C=O) groups excluding carboxylic acids is 1. The fourth-order valence-electron chi connectivity index (χ4n) is 5.57. The maximum Gasteiger partial charge on any atom is 0.321 e. The van der Waals surface area contributed by atoms with Gasteiger partial charge in [0.2, 0.25) is 0 Å². The summed E-state index contributed by atoms with van der Waals surface area (Å²) < 4.78 is 8.83. The molecule has 1 saturated heterocycles. The third-order valence-corrected chi connectivity index (χ3v) is 8.99. The molecule has 0 radical (unpaired) electrons. The smallest absolute Gasteiger partial charge is 0.321 e. The molecule has 0 bridgehead atoms. The van der Waals surface area contributed by atoms with Gasteiger partial charge in [-0.3, -0.25) is 4.90 Å². The van der Waals surface area contributed by atoms with Crippen LogP contribution in [0.2, 0.25) is 0 Å². The lowest BCUT2D eigenvalue weighted by molar-refractivity contribution is 0.142. The van der Waals surface area contributed by atoms with Crippen molar-refractivity contribution in [3.8, 4) is 27.4 Å². The van der Waals surface area contributed by atoms with Gasteiger partial charge < -0.3 is 19.4 Å². The summed E-state index contributed by atoms with van der Waals surface area (Å²) in [6.07, 6.45) is 2.23. The van der Waals surface area contributed by atoms with Crippen LogP contribution in [0.25, 0.3) is 37.4 Å². The first kappa shape index (κ1) is 26.3. The third-order valence-electron chi connectivity index (χ3n) is 7.83. The molecule has 3 aromatic carbocycles. The van der Waals surface area contributed by atoms with Gasteiger partial charge in [-0.25, -0.2) is 9.78 Å². The van der Waals surface area contributed by atoms with Crippen molar-refractivity contribution in [1.82, 2.24) is 19.2 Å². The number of ether oxygens (including phenoxy) is 1. The van der Waals surface area contributed by atoms with Crippen LogP contribution in [-0.2, 0) is 6.54 Å². The zero-order valence-corrected chi connectivity index (χ0v) is 24.2. The molecular formula is C34H31N5O2S. The number of nitrogens with zero attached hydrogens (tertiary/aromatic N) is 4. The Morgan fingerprint density at radius 3 is 2.50 bits per heavy atom. The maximum absolute atomic E-state index is 13.0. The number of anilines is 1. The van der Waals surface area contributed by atoms with Crippen molar-refractivity contribution < 1.29 is 9.53 Å². The number of rotatable bonds is 6. The first-order valence-corrected chi connectivity index (χ1v) is 14.9. The van der Waals surface area contributed by atoms with E-state index in [0.717, 1.165) is 53.7 Å². The van der Waals surface area contributed by atoms with Crippen LogP contribution in [0.15, 0.2) is 103 Å². The van der Waals surface area contributed by atoms with Crippen LogP contribution in [0.1, 0.15) is 5.69 Å². The standard InChI is InChI=1S/C34H31N5O2S/c1-41-28-12-7-11-27(21-28)35-34(40)38-18-16-37(17-19-38)23-29-33(24-8-3-2-4-9-24)36-32-15-14-26(22-39(29)32)31-20-25-10-5-6-13-30(25)42-31/h2-15,20-22H,16-19,23H2,1H3,(H,35,40). The fraction of sp³-hybridized carbons (Fsp3) is 0.176. The van der Waals surface area contributed by atoms with Gasteiger partial charge in [0.05, 0.1) is 18.5 Å². The van der Waals surface area contributed by atoms with Gasteiger partial charge in [0.15, 0.2) is 0 Å². The van der Waals surface area contributed by atoms with E-state index in [2.05, 4.69) is 87.5 Å². The minimum Gasteiger partial charge on any atom is -0.497 e. The summed E-state index contributed by atoms with van der Waals surface area (Å²) in [5.41, 5.74) is 6.12. The van der Waals surface area contributed by atoms with Gasteiger partial charge in [0, 0.05) is 71.4 Å². The Hall–Kier alpha value is -4.66. The van der Waals surface area contributed by atoms with Crippen LogP contribution >= 0.6 is 11.3 Å². The number of fused-ring (bicyclic) bond motifs is 2. The normalized spacial score (nSPS) is 14.0. The van der Waals surface area contributed by atoms with Crippen molar-refractivity contribution >= 4 is 38.8 Å². The number of aromatic nitrogens is 2. The highest BCUT2D eigenvalue weighted by atomic mass is 32.1. The summed E-state index contributed by atoms with van der Waals surface area (Å²) in [6.45, 7) is 3.61. The van der Waals surface area contributed by atoms with E-state index >= 15 is 0 Å². The summed E-state index contributed by atoms with van der Waals surface area (Å²) in [4.78, 5) is 23.6. The van der Waals surface area contributed by atoms with Crippen molar-refractivity contribution in [2.75, 3.05) is 38.6 Å². The molecule has 0 atom stereocenters. The largest absolute Gasteiger partial charge is 0.497 e. The number of carbonyl (C=O) groups is 1. The van der Waals surface area contributed by atoms with Crippen molar-refractivity contribution in [2.24, 2.45) is 0 Å². The number of imidazole rings is 1. The average Bonchev–Trinajstić information content (AvgIpc) is 3.63. The molecule has 4 heterocycles. The first-order valence-electron chi connectivity index (χ1n) is 14.1. The molecule has 210 valence electrons. The highest BCUT2D eigenvalue weighted by Crippen LogP contribution is 2.35. The topological polar surface area (TPSA) is 62.1 Å². The van der Waals surface area contributed by atoms with Crippen molar-refractivity contribution in [1.29, 1.82) is 0 Å². The van der Waals surface area contributed by atoms with Gasteiger partial charge in [-0.1, -0.05) is 54.6 Å². The Morgan fingerprint density at radius 1 is 0.881 bits per heavy atom. The summed E-state index contributed by atoms with van der Waals surface area (Å²) in [5, 5.41) is 4.27. The van der Waals surface area contributed by atoms with E-state index in [-0.39, 0.29) is 6.03 Å². The Balaban J connectivity index is 1.14. The Kier molecular flexibility index (Phi) is 7.07. The lowest BCUT2D eigenvalue weighted by atomic mass is 10.1. The van der Waals surface area contributed by atoms with Crippen molar-refractivity contribution in [3.05, 3.63) is 109 Å². The second-order valence-electron chi connectivity index (χ2n) is 10.5. The molecule has 2 amide bonds. The molecule has 1 fully saturated rings. The van der Waals surface area contributed by atoms with E-state index in [0.29, 0.717) is 13.1 Å². The van der Waals surface area contributed by atoms with Gasteiger partial charge >= 0.3 is 6.03 Å². The van der Waals surface area contributed by atoms with E-state index in [1.165, 1.54) is 20.5 Å². The Labute approximate surface area is 248 Å². The van der Waals surface area contributed by atoms with Crippen LogP contribution in [-0.4, -0.2) is 58.5 Å². The molecule has 0 unspecified atom stereocenters. The Morgan fingerprint density at radius 2 is 1.69 bits per heavy atom. The lowest BCUT2D eigenvalue weighted by Crippen LogP contribution is -2.49. The predicted molar refractivity (Wildman–Crippen MR) is 170 cm³/mol. The monoisotopic (exact) mass is 573 g/mol. The minimum atomic E-state index is -0.0874.